The van der Waals surface area contributed by atoms with E-state index in [1.165, 1.54) is 6.07 Å². The first-order valence-electron chi connectivity index (χ1n) is 12.7. The molecule has 0 aliphatic carbocycles. The summed E-state index contributed by atoms with van der Waals surface area (Å²) in [6.45, 7) is 4.06. The minimum absolute atomic E-state index is 0.0277. The standard InChI is InChI=1S/C27H30F2N8/c1-16-4-7-24-33-26-20(28)12-17(13-22(26)37(16)24)25-21(29)15-31-27(34-25)32-23-6-5-19(14-30-23)36-10-8-18(9-11-36)35(2)3/h5-6,12-16,18H,4,7-11H2,1-3H3,(H,30,31,32,34). The second-order valence-electron chi connectivity index (χ2n) is 10.2. The average Bonchev–Trinajstić information content (AvgIpc) is 3.46. The lowest BCUT2D eigenvalue weighted by Crippen LogP contribution is -2.42. The first-order valence-corrected chi connectivity index (χ1v) is 12.7. The van der Waals surface area contributed by atoms with Gasteiger partial charge in [-0.15, -0.1) is 0 Å². The zero-order valence-electron chi connectivity index (χ0n) is 21.2. The summed E-state index contributed by atoms with van der Waals surface area (Å²) in [7, 11) is 4.26. The van der Waals surface area contributed by atoms with Gasteiger partial charge in [-0.1, -0.05) is 0 Å². The summed E-state index contributed by atoms with van der Waals surface area (Å²) in [6, 6.07) is 7.76. The van der Waals surface area contributed by atoms with Crippen molar-refractivity contribution >= 4 is 28.5 Å². The number of piperidine rings is 1. The van der Waals surface area contributed by atoms with E-state index in [2.05, 4.69) is 56.1 Å². The van der Waals surface area contributed by atoms with Crippen LogP contribution in [0, 0.1) is 11.6 Å². The van der Waals surface area contributed by atoms with E-state index >= 15 is 0 Å². The number of hydrogen-bond acceptors (Lipinski definition) is 7. The number of anilines is 3. The van der Waals surface area contributed by atoms with Crippen LogP contribution in [0.3, 0.4) is 0 Å². The molecule has 1 saturated heterocycles. The summed E-state index contributed by atoms with van der Waals surface area (Å²) in [5.74, 6) is 0.494. The Bertz CT molecular complexity index is 1440. The van der Waals surface area contributed by atoms with Crippen molar-refractivity contribution < 1.29 is 8.78 Å². The van der Waals surface area contributed by atoms with E-state index in [1.54, 1.807) is 6.07 Å². The lowest BCUT2D eigenvalue weighted by molar-refractivity contribution is 0.249. The van der Waals surface area contributed by atoms with Crippen molar-refractivity contribution in [3.63, 3.8) is 0 Å². The first-order chi connectivity index (χ1) is 17.9. The molecule has 1 N–H and O–H groups in total. The Labute approximate surface area is 214 Å². The molecule has 1 aromatic carbocycles. The second kappa shape index (κ2) is 9.33. The van der Waals surface area contributed by atoms with Crippen molar-refractivity contribution in [2.24, 2.45) is 0 Å². The highest BCUT2D eigenvalue weighted by Gasteiger charge is 2.25. The zero-order chi connectivity index (χ0) is 25.7. The van der Waals surface area contributed by atoms with Gasteiger partial charge < -0.3 is 19.7 Å². The molecule has 1 unspecified atom stereocenters. The topological polar surface area (TPSA) is 75.0 Å². The molecule has 5 heterocycles. The molecule has 2 aliphatic rings. The van der Waals surface area contributed by atoms with Crippen molar-refractivity contribution in [2.75, 3.05) is 37.4 Å². The minimum Gasteiger partial charge on any atom is -0.370 e. The Balaban J connectivity index is 1.23. The van der Waals surface area contributed by atoms with Gasteiger partial charge in [-0.3, -0.25) is 0 Å². The van der Waals surface area contributed by atoms with Gasteiger partial charge in [0, 0.05) is 37.2 Å². The number of fused-ring (bicyclic) bond motifs is 3. The van der Waals surface area contributed by atoms with Crippen molar-refractivity contribution in [1.29, 1.82) is 0 Å². The smallest absolute Gasteiger partial charge is 0.229 e. The summed E-state index contributed by atoms with van der Waals surface area (Å²) in [6.07, 6.45) is 6.92. The molecule has 3 aromatic heterocycles. The molecular weight excluding hydrogens is 474 g/mol. The largest absolute Gasteiger partial charge is 0.370 e. The van der Waals surface area contributed by atoms with Gasteiger partial charge in [-0.2, -0.15) is 0 Å². The fraction of sp³-hybridized carbons (Fsp3) is 0.407. The Kier molecular flexibility index (Phi) is 5.98. The van der Waals surface area contributed by atoms with Crippen LogP contribution >= 0.6 is 0 Å². The number of hydrogen-bond donors (Lipinski definition) is 1. The van der Waals surface area contributed by atoms with Gasteiger partial charge in [0.25, 0.3) is 0 Å². The zero-order valence-corrected chi connectivity index (χ0v) is 21.2. The monoisotopic (exact) mass is 504 g/mol. The van der Waals surface area contributed by atoms with Crippen LogP contribution in [0.2, 0.25) is 0 Å². The number of nitrogens with zero attached hydrogens (tertiary/aromatic N) is 7. The Hall–Kier alpha value is -3.66. The number of aryl methyl sites for hydroxylation is 1. The van der Waals surface area contributed by atoms with Gasteiger partial charge in [0.15, 0.2) is 11.6 Å². The molecule has 0 saturated carbocycles. The van der Waals surface area contributed by atoms with Crippen LogP contribution in [-0.2, 0) is 6.42 Å². The highest BCUT2D eigenvalue weighted by Crippen LogP contribution is 2.34. The van der Waals surface area contributed by atoms with Crippen LogP contribution < -0.4 is 10.2 Å². The molecule has 10 heteroatoms. The Morgan fingerprint density at radius 3 is 2.51 bits per heavy atom. The van der Waals surface area contributed by atoms with Gasteiger partial charge in [0.2, 0.25) is 5.95 Å². The maximum Gasteiger partial charge on any atom is 0.229 e. The number of halogens is 2. The molecule has 0 spiro atoms. The molecule has 37 heavy (non-hydrogen) atoms. The third-order valence-electron chi connectivity index (χ3n) is 7.61. The summed E-state index contributed by atoms with van der Waals surface area (Å²) in [5, 5.41) is 3.05. The van der Waals surface area contributed by atoms with Crippen molar-refractivity contribution in [3.05, 3.63) is 54.1 Å². The highest BCUT2D eigenvalue weighted by molar-refractivity contribution is 5.83. The molecule has 8 nitrogen and oxygen atoms in total. The quantitative estimate of drug-likeness (QED) is 0.412. The number of nitrogens with one attached hydrogen (secondary N) is 1. The maximum atomic E-state index is 15.0. The van der Waals surface area contributed by atoms with E-state index < -0.39 is 11.6 Å². The predicted octanol–water partition coefficient (Wildman–Crippen LogP) is 4.95. The first kappa shape index (κ1) is 23.7. The summed E-state index contributed by atoms with van der Waals surface area (Å²) < 4.78 is 31.8. The van der Waals surface area contributed by atoms with Crippen molar-refractivity contribution in [1.82, 2.24) is 29.4 Å². The molecule has 4 aromatic rings. The van der Waals surface area contributed by atoms with Gasteiger partial charge in [-0.05, 0) is 64.5 Å². The van der Waals surface area contributed by atoms with E-state index in [1.807, 2.05) is 22.9 Å². The number of imidazole rings is 1. The molecule has 0 amide bonds. The molecule has 0 radical (unpaired) electrons. The Morgan fingerprint density at radius 1 is 0.973 bits per heavy atom. The molecule has 2 aliphatic heterocycles. The van der Waals surface area contributed by atoms with E-state index in [4.69, 9.17) is 0 Å². The van der Waals surface area contributed by atoms with Crippen LogP contribution in [0.1, 0.15) is 38.1 Å². The summed E-state index contributed by atoms with van der Waals surface area (Å²) in [4.78, 5) is 22.0. The third kappa shape index (κ3) is 4.39. The van der Waals surface area contributed by atoms with Crippen LogP contribution in [0.5, 0.6) is 0 Å². The van der Waals surface area contributed by atoms with Gasteiger partial charge >= 0.3 is 0 Å². The van der Waals surface area contributed by atoms with Crippen LogP contribution in [0.25, 0.3) is 22.3 Å². The van der Waals surface area contributed by atoms with Crippen molar-refractivity contribution in [3.8, 4) is 11.3 Å². The number of pyridine rings is 1. The molecule has 0 bridgehead atoms. The fourth-order valence-corrected chi connectivity index (χ4v) is 5.50. The SMILES string of the molecule is CC1CCc2nc3c(F)cc(-c4nc(Nc5ccc(N6CCC(N(C)C)CC6)cn5)ncc4F)cc3n21. The molecule has 6 rings (SSSR count). The Morgan fingerprint density at radius 2 is 1.78 bits per heavy atom. The lowest BCUT2D eigenvalue weighted by atomic mass is 10.0. The number of aromatic nitrogens is 5. The van der Waals surface area contributed by atoms with E-state index in [0.717, 1.165) is 56.5 Å². The van der Waals surface area contributed by atoms with E-state index in [9.17, 15) is 8.78 Å². The van der Waals surface area contributed by atoms with Gasteiger partial charge in [-0.25, -0.2) is 28.7 Å². The van der Waals surface area contributed by atoms with Crippen molar-refractivity contribution in [2.45, 2.75) is 44.7 Å². The lowest BCUT2D eigenvalue weighted by Gasteiger charge is -2.36. The average molecular weight is 505 g/mol. The number of benzene rings is 1. The maximum absolute atomic E-state index is 15.0. The summed E-state index contributed by atoms with van der Waals surface area (Å²) in [5.41, 5.74) is 2.41. The van der Waals surface area contributed by atoms with Gasteiger partial charge in [0.05, 0.1) is 23.6 Å². The van der Waals surface area contributed by atoms with Crippen LogP contribution in [0.4, 0.5) is 26.2 Å². The molecule has 1 atom stereocenters. The fourth-order valence-electron chi connectivity index (χ4n) is 5.50. The second-order valence-corrected chi connectivity index (χ2v) is 10.2. The van der Waals surface area contributed by atoms with Gasteiger partial charge in [0.1, 0.15) is 22.9 Å². The predicted molar refractivity (Wildman–Crippen MR) is 140 cm³/mol. The normalized spacial score (nSPS) is 18.1. The van der Waals surface area contributed by atoms with E-state index in [-0.39, 0.29) is 17.7 Å². The van der Waals surface area contributed by atoms with Crippen LogP contribution in [0.15, 0.2) is 36.7 Å². The van der Waals surface area contributed by atoms with E-state index in [0.29, 0.717) is 28.5 Å². The number of rotatable bonds is 5. The molecule has 1 fully saturated rings. The molecule has 192 valence electrons. The highest BCUT2D eigenvalue weighted by atomic mass is 19.1. The van der Waals surface area contributed by atoms with Crippen LogP contribution in [-0.4, -0.2) is 62.6 Å². The molecular formula is C27H30F2N8. The summed E-state index contributed by atoms with van der Waals surface area (Å²) >= 11 is 0. The minimum atomic E-state index is -0.622. The third-order valence-corrected chi connectivity index (χ3v) is 7.61.